The van der Waals surface area contributed by atoms with Crippen molar-refractivity contribution < 1.29 is 0 Å². The van der Waals surface area contributed by atoms with E-state index in [4.69, 9.17) is 11.6 Å². The van der Waals surface area contributed by atoms with Gasteiger partial charge in [0.15, 0.2) is 0 Å². The number of hydrogen-bond donors (Lipinski definition) is 0. The third-order valence-corrected chi connectivity index (χ3v) is 4.75. The molecule has 1 aromatic rings. The first-order chi connectivity index (χ1) is 8.98. The van der Waals surface area contributed by atoms with Gasteiger partial charge in [-0.2, -0.15) is 0 Å². The maximum absolute atomic E-state index is 6.58. The molecule has 0 nitrogen and oxygen atoms in total. The van der Waals surface area contributed by atoms with Gasteiger partial charge in [-0.25, -0.2) is 0 Å². The van der Waals surface area contributed by atoms with Crippen LogP contribution in [0.25, 0.3) is 6.08 Å². The highest BCUT2D eigenvalue weighted by Crippen LogP contribution is 2.44. The molecule has 0 amide bonds. The average molecular weight is 277 g/mol. The van der Waals surface area contributed by atoms with Crippen molar-refractivity contribution >= 4 is 17.7 Å². The maximum atomic E-state index is 6.58. The van der Waals surface area contributed by atoms with Crippen LogP contribution in [-0.2, 0) is 0 Å². The topological polar surface area (TPSA) is 0 Å². The Morgan fingerprint density at radius 1 is 1.26 bits per heavy atom. The van der Waals surface area contributed by atoms with Crippen molar-refractivity contribution in [2.24, 2.45) is 17.8 Å². The number of rotatable bonds is 3. The van der Waals surface area contributed by atoms with Crippen LogP contribution in [0, 0.1) is 17.8 Å². The Hall–Kier alpha value is -0.750. The summed E-state index contributed by atoms with van der Waals surface area (Å²) in [5, 5.41) is 0. The van der Waals surface area contributed by atoms with Gasteiger partial charge in [-0.15, -0.1) is 11.6 Å². The SMILES string of the molecule is CC(C)C1CCC(C)(Cl)CC1C=Cc1ccccc1. The molecule has 0 saturated heterocycles. The third kappa shape index (κ3) is 4.11. The summed E-state index contributed by atoms with van der Waals surface area (Å²) in [5.41, 5.74) is 1.28. The molecule has 1 aliphatic rings. The highest BCUT2D eigenvalue weighted by molar-refractivity contribution is 6.23. The lowest BCUT2D eigenvalue weighted by molar-refractivity contribution is 0.191. The number of alkyl halides is 1. The number of allylic oxidation sites excluding steroid dienone is 1. The Morgan fingerprint density at radius 3 is 2.58 bits per heavy atom. The van der Waals surface area contributed by atoms with Gasteiger partial charge >= 0.3 is 0 Å². The number of benzene rings is 1. The van der Waals surface area contributed by atoms with Gasteiger partial charge < -0.3 is 0 Å². The third-order valence-electron chi connectivity index (χ3n) is 4.40. The van der Waals surface area contributed by atoms with Crippen LogP contribution in [0.5, 0.6) is 0 Å². The summed E-state index contributed by atoms with van der Waals surface area (Å²) in [6.07, 6.45) is 8.15. The molecule has 0 aromatic heterocycles. The molecule has 3 unspecified atom stereocenters. The minimum Gasteiger partial charge on any atom is -0.120 e. The van der Waals surface area contributed by atoms with E-state index in [2.05, 4.69) is 63.3 Å². The molecule has 1 aromatic carbocycles. The molecular formula is C18H25Cl. The van der Waals surface area contributed by atoms with Gasteiger partial charge in [0.1, 0.15) is 0 Å². The van der Waals surface area contributed by atoms with Crippen LogP contribution in [0.3, 0.4) is 0 Å². The standard InChI is InChI=1S/C18H25Cl/c1-14(2)17-11-12-18(3,19)13-16(17)10-9-15-7-5-4-6-8-15/h4-10,14,16-17H,11-13H2,1-3H3. The molecule has 3 atom stereocenters. The van der Waals surface area contributed by atoms with Gasteiger partial charge in [0.25, 0.3) is 0 Å². The van der Waals surface area contributed by atoms with Crippen LogP contribution in [0.2, 0.25) is 0 Å². The molecule has 2 rings (SSSR count). The van der Waals surface area contributed by atoms with Gasteiger partial charge in [-0.05, 0) is 49.5 Å². The average Bonchev–Trinajstić information content (AvgIpc) is 2.36. The summed E-state index contributed by atoms with van der Waals surface area (Å²) in [4.78, 5) is -0.0168. The molecule has 0 heterocycles. The largest absolute Gasteiger partial charge is 0.120 e. The van der Waals surface area contributed by atoms with Crippen molar-refractivity contribution in [3.63, 3.8) is 0 Å². The molecule has 104 valence electrons. The van der Waals surface area contributed by atoms with E-state index in [0.717, 1.165) is 24.7 Å². The Labute approximate surface area is 122 Å². The molecule has 1 heteroatoms. The lowest BCUT2D eigenvalue weighted by Crippen LogP contribution is -2.34. The van der Waals surface area contributed by atoms with Crippen LogP contribution in [0.4, 0.5) is 0 Å². The van der Waals surface area contributed by atoms with Crippen molar-refractivity contribution in [3.8, 4) is 0 Å². The van der Waals surface area contributed by atoms with Gasteiger partial charge in [0.2, 0.25) is 0 Å². The van der Waals surface area contributed by atoms with Crippen molar-refractivity contribution in [2.45, 2.75) is 44.9 Å². The van der Waals surface area contributed by atoms with Crippen molar-refractivity contribution in [3.05, 3.63) is 42.0 Å². The van der Waals surface area contributed by atoms with Crippen LogP contribution >= 0.6 is 11.6 Å². The zero-order valence-corrected chi connectivity index (χ0v) is 13.0. The van der Waals surface area contributed by atoms with Crippen LogP contribution in [0.1, 0.15) is 45.6 Å². The zero-order valence-electron chi connectivity index (χ0n) is 12.3. The normalized spacial score (nSPS) is 32.1. The molecule has 19 heavy (non-hydrogen) atoms. The summed E-state index contributed by atoms with van der Waals surface area (Å²) in [7, 11) is 0. The van der Waals surface area contributed by atoms with Crippen molar-refractivity contribution in [1.82, 2.24) is 0 Å². The second-order valence-corrected chi connectivity index (χ2v) is 7.41. The van der Waals surface area contributed by atoms with Crippen LogP contribution < -0.4 is 0 Å². The zero-order chi connectivity index (χ0) is 13.9. The Kier molecular flexibility index (Phi) is 4.73. The van der Waals surface area contributed by atoms with E-state index in [9.17, 15) is 0 Å². The predicted octanol–water partition coefficient (Wildman–Crippen LogP) is 5.77. The van der Waals surface area contributed by atoms with E-state index >= 15 is 0 Å². The Bertz CT molecular complexity index is 417. The minimum absolute atomic E-state index is 0.0168. The van der Waals surface area contributed by atoms with Gasteiger partial charge in [-0.3, -0.25) is 0 Å². The first kappa shape index (κ1) is 14.7. The van der Waals surface area contributed by atoms with Gasteiger partial charge in [-0.1, -0.05) is 56.3 Å². The van der Waals surface area contributed by atoms with Crippen molar-refractivity contribution in [1.29, 1.82) is 0 Å². The number of halogens is 1. The second-order valence-electron chi connectivity index (χ2n) is 6.50. The van der Waals surface area contributed by atoms with Crippen LogP contribution in [0.15, 0.2) is 36.4 Å². The highest BCUT2D eigenvalue weighted by Gasteiger charge is 2.36. The lowest BCUT2D eigenvalue weighted by Gasteiger charge is -2.40. The van der Waals surface area contributed by atoms with Crippen LogP contribution in [-0.4, -0.2) is 4.87 Å². The molecule has 0 aliphatic heterocycles. The smallest absolute Gasteiger partial charge is 0.0424 e. The maximum Gasteiger partial charge on any atom is 0.0424 e. The molecular weight excluding hydrogens is 252 g/mol. The molecule has 0 bridgehead atoms. The van der Waals surface area contributed by atoms with E-state index in [1.54, 1.807) is 0 Å². The minimum atomic E-state index is -0.0168. The lowest BCUT2D eigenvalue weighted by atomic mass is 9.69. The summed E-state index contributed by atoms with van der Waals surface area (Å²) in [5.74, 6) is 2.11. The molecule has 1 saturated carbocycles. The molecule has 1 fully saturated rings. The number of hydrogen-bond acceptors (Lipinski definition) is 0. The monoisotopic (exact) mass is 276 g/mol. The fourth-order valence-electron chi connectivity index (χ4n) is 3.26. The molecule has 0 N–H and O–H groups in total. The molecule has 0 radical (unpaired) electrons. The quantitative estimate of drug-likeness (QED) is 0.615. The summed E-state index contributed by atoms with van der Waals surface area (Å²) in [6.45, 7) is 6.87. The fourth-order valence-corrected chi connectivity index (χ4v) is 3.55. The molecule has 1 aliphatic carbocycles. The van der Waals surface area contributed by atoms with Gasteiger partial charge in [0.05, 0.1) is 0 Å². The fraction of sp³-hybridized carbons (Fsp3) is 0.556. The first-order valence-electron chi connectivity index (χ1n) is 7.40. The van der Waals surface area contributed by atoms with E-state index in [1.807, 2.05) is 0 Å². The van der Waals surface area contributed by atoms with E-state index in [1.165, 1.54) is 12.0 Å². The summed E-state index contributed by atoms with van der Waals surface area (Å²) >= 11 is 6.58. The Balaban J connectivity index is 2.12. The Morgan fingerprint density at radius 2 is 1.95 bits per heavy atom. The molecule has 0 spiro atoms. The summed E-state index contributed by atoms with van der Waals surface area (Å²) < 4.78 is 0. The van der Waals surface area contributed by atoms with Crippen molar-refractivity contribution in [2.75, 3.05) is 0 Å². The van der Waals surface area contributed by atoms with E-state index < -0.39 is 0 Å². The second kappa shape index (κ2) is 6.13. The van der Waals surface area contributed by atoms with E-state index in [0.29, 0.717) is 5.92 Å². The first-order valence-corrected chi connectivity index (χ1v) is 7.78. The summed E-state index contributed by atoms with van der Waals surface area (Å²) in [6, 6.07) is 10.6. The predicted molar refractivity (Wildman–Crippen MR) is 85.4 cm³/mol. The van der Waals surface area contributed by atoms with Gasteiger partial charge in [0, 0.05) is 4.87 Å². The van der Waals surface area contributed by atoms with E-state index in [-0.39, 0.29) is 4.87 Å². The highest BCUT2D eigenvalue weighted by atomic mass is 35.5.